The van der Waals surface area contributed by atoms with Crippen LogP contribution in [0, 0.1) is 5.92 Å². The van der Waals surface area contributed by atoms with Gasteiger partial charge in [0.2, 0.25) is 0 Å². The van der Waals surface area contributed by atoms with Crippen molar-refractivity contribution >= 4 is 0 Å². The maximum Gasteiger partial charge on any atom is 0.0716 e. The van der Waals surface area contributed by atoms with Gasteiger partial charge in [-0.05, 0) is 31.4 Å². The standard InChI is InChI=1S/C17H27NO3/c19-13-16-12-18(10-8-17(16)20)9-4-5-11-21-14-15-6-2-1-3-7-15/h1-3,6-7,16-17,19-20H,4-5,8-14H2/t16-,17-/m1/s1. The van der Waals surface area contributed by atoms with Gasteiger partial charge in [0.1, 0.15) is 0 Å². The minimum Gasteiger partial charge on any atom is -0.396 e. The second-order valence-corrected chi connectivity index (χ2v) is 5.84. The van der Waals surface area contributed by atoms with E-state index in [1.165, 1.54) is 5.56 Å². The highest BCUT2D eigenvalue weighted by Gasteiger charge is 2.26. The van der Waals surface area contributed by atoms with E-state index in [1.807, 2.05) is 18.2 Å². The molecule has 0 amide bonds. The first-order valence-electron chi connectivity index (χ1n) is 7.92. The predicted octanol–water partition coefficient (Wildman–Crippen LogP) is 1.66. The normalized spacial score (nSPS) is 23.3. The third kappa shape index (κ3) is 5.75. The van der Waals surface area contributed by atoms with Gasteiger partial charge >= 0.3 is 0 Å². The van der Waals surface area contributed by atoms with Crippen molar-refractivity contribution in [2.45, 2.75) is 32.0 Å². The molecule has 2 N–H and O–H groups in total. The van der Waals surface area contributed by atoms with Crippen LogP contribution < -0.4 is 0 Å². The van der Waals surface area contributed by atoms with Crippen molar-refractivity contribution in [1.82, 2.24) is 4.90 Å². The molecule has 0 aliphatic carbocycles. The number of piperidine rings is 1. The Morgan fingerprint density at radius 1 is 1.19 bits per heavy atom. The number of hydrogen-bond acceptors (Lipinski definition) is 4. The Balaban J connectivity index is 1.52. The molecule has 1 aliphatic heterocycles. The number of rotatable bonds is 8. The van der Waals surface area contributed by atoms with Crippen LogP contribution in [0.4, 0.5) is 0 Å². The van der Waals surface area contributed by atoms with E-state index in [4.69, 9.17) is 4.74 Å². The van der Waals surface area contributed by atoms with Crippen molar-refractivity contribution in [1.29, 1.82) is 0 Å². The lowest BCUT2D eigenvalue weighted by molar-refractivity contribution is -0.000535. The first-order chi connectivity index (χ1) is 10.3. The molecule has 4 heteroatoms. The zero-order chi connectivity index (χ0) is 14.9. The molecule has 118 valence electrons. The van der Waals surface area contributed by atoms with Crippen molar-refractivity contribution < 1.29 is 14.9 Å². The van der Waals surface area contributed by atoms with Gasteiger partial charge in [-0.1, -0.05) is 30.3 Å². The predicted molar refractivity (Wildman–Crippen MR) is 83.0 cm³/mol. The minimum absolute atomic E-state index is 0.0214. The van der Waals surface area contributed by atoms with Gasteiger partial charge in [-0.25, -0.2) is 0 Å². The molecule has 1 fully saturated rings. The second kappa shape index (κ2) is 9.15. The Labute approximate surface area is 127 Å². The number of aliphatic hydroxyl groups excluding tert-OH is 2. The summed E-state index contributed by atoms with van der Waals surface area (Å²) in [6, 6.07) is 10.2. The maximum absolute atomic E-state index is 9.73. The summed E-state index contributed by atoms with van der Waals surface area (Å²) in [4.78, 5) is 2.34. The summed E-state index contributed by atoms with van der Waals surface area (Å²) >= 11 is 0. The highest BCUT2D eigenvalue weighted by molar-refractivity contribution is 5.13. The van der Waals surface area contributed by atoms with Crippen molar-refractivity contribution in [3.8, 4) is 0 Å². The van der Waals surface area contributed by atoms with Crippen LogP contribution in [-0.2, 0) is 11.3 Å². The lowest BCUT2D eigenvalue weighted by Gasteiger charge is -2.35. The van der Waals surface area contributed by atoms with Gasteiger partial charge in [-0.2, -0.15) is 0 Å². The van der Waals surface area contributed by atoms with Crippen molar-refractivity contribution in [2.75, 3.05) is 32.8 Å². The van der Waals surface area contributed by atoms with Crippen LogP contribution in [0.25, 0.3) is 0 Å². The maximum atomic E-state index is 9.73. The Hall–Kier alpha value is -0.940. The van der Waals surface area contributed by atoms with E-state index in [0.717, 1.165) is 45.5 Å². The van der Waals surface area contributed by atoms with E-state index in [9.17, 15) is 10.2 Å². The summed E-state index contributed by atoms with van der Waals surface area (Å²) in [6.07, 6.45) is 2.59. The quantitative estimate of drug-likeness (QED) is 0.716. The molecule has 0 saturated carbocycles. The van der Waals surface area contributed by atoms with Gasteiger partial charge in [0.25, 0.3) is 0 Å². The topological polar surface area (TPSA) is 52.9 Å². The van der Waals surface area contributed by atoms with Crippen LogP contribution in [-0.4, -0.2) is 54.1 Å². The molecule has 1 aliphatic rings. The SMILES string of the molecule is OC[C@H]1CN(CCCCOCc2ccccc2)CC[C@H]1O. The zero-order valence-electron chi connectivity index (χ0n) is 12.7. The first-order valence-corrected chi connectivity index (χ1v) is 7.92. The van der Waals surface area contributed by atoms with E-state index in [0.29, 0.717) is 6.61 Å². The third-order valence-electron chi connectivity index (χ3n) is 4.14. The number of nitrogens with zero attached hydrogens (tertiary/aromatic N) is 1. The zero-order valence-corrected chi connectivity index (χ0v) is 12.7. The highest BCUT2D eigenvalue weighted by atomic mass is 16.5. The summed E-state index contributed by atoms with van der Waals surface area (Å²) in [5.41, 5.74) is 1.22. The van der Waals surface area contributed by atoms with Crippen LogP contribution in [0.2, 0.25) is 0 Å². The van der Waals surface area contributed by atoms with Crippen molar-refractivity contribution in [3.05, 3.63) is 35.9 Å². The van der Waals surface area contributed by atoms with Gasteiger partial charge in [-0.3, -0.25) is 0 Å². The summed E-state index contributed by atoms with van der Waals surface area (Å²) in [7, 11) is 0. The molecule has 0 unspecified atom stereocenters. The molecule has 2 atom stereocenters. The van der Waals surface area contributed by atoms with Crippen LogP contribution in [0.3, 0.4) is 0 Å². The van der Waals surface area contributed by atoms with E-state index >= 15 is 0 Å². The summed E-state index contributed by atoms with van der Waals surface area (Å²) in [6.45, 7) is 4.32. The van der Waals surface area contributed by atoms with Gasteiger partial charge < -0.3 is 19.8 Å². The minimum atomic E-state index is -0.333. The Morgan fingerprint density at radius 3 is 2.76 bits per heavy atom. The third-order valence-corrected chi connectivity index (χ3v) is 4.14. The fraction of sp³-hybridized carbons (Fsp3) is 0.647. The molecular weight excluding hydrogens is 266 g/mol. The molecule has 1 aromatic carbocycles. The van der Waals surface area contributed by atoms with Gasteiger partial charge in [-0.15, -0.1) is 0 Å². The molecule has 0 spiro atoms. The molecule has 4 nitrogen and oxygen atoms in total. The lowest BCUT2D eigenvalue weighted by atomic mass is 9.95. The number of ether oxygens (including phenoxy) is 1. The fourth-order valence-electron chi connectivity index (χ4n) is 2.78. The van der Waals surface area contributed by atoms with Crippen molar-refractivity contribution in [3.63, 3.8) is 0 Å². The van der Waals surface area contributed by atoms with Crippen LogP contribution in [0.5, 0.6) is 0 Å². The summed E-state index contributed by atoms with van der Waals surface area (Å²) in [5.74, 6) is 0.0214. The number of unbranched alkanes of at least 4 members (excludes halogenated alkanes) is 1. The molecule has 21 heavy (non-hydrogen) atoms. The monoisotopic (exact) mass is 293 g/mol. The Morgan fingerprint density at radius 2 is 2.00 bits per heavy atom. The van der Waals surface area contributed by atoms with Crippen LogP contribution in [0.15, 0.2) is 30.3 Å². The van der Waals surface area contributed by atoms with Gasteiger partial charge in [0.15, 0.2) is 0 Å². The molecule has 2 rings (SSSR count). The number of hydrogen-bond donors (Lipinski definition) is 2. The van der Waals surface area contributed by atoms with Gasteiger partial charge in [0, 0.05) is 32.2 Å². The second-order valence-electron chi connectivity index (χ2n) is 5.84. The smallest absolute Gasteiger partial charge is 0.0716 e. The first kappa shape index (κ1) is 16.4. The number of aliphatic hydroxyl groups is 2. The molecule has 0 bridgehead atoms. The summed E-state index contributed by atoms with van der Waals surface area (Å²) < 4.78 is 5.67. The van der Waals surface area contributed by atoms with Crippen LogP contribution in [0.1, 0.15) is 24.8 Å². The molecule has 1 saturated heterocycles. The van der Waals surface area contributed by atoms with E-state index in [2.05, 4.69) is 17.0 Å². The molecule has 1 aromatic rings. The highest BCUT2D eigenvalue weighted by Crippen LogP contribution is 2.17. The van der Waals surface area contributed by atoms with Crippen LogP contribution >= 0.6 is 0 Å². The number of benzene rings is 1. The lowest BCUT2D eigenvalue weighted by Crippen LogP contribution is -2.44. The molecule has 1 heterocycles. The Kier molecular flexibility index (Phi) is 7.16. The van der Waals surface area contributed by atoms with E-state index < -0.39 is 0 Å². The van der Waals surface area contributed by atoms with E-state index in [1.54, 1.807) is 0 Å². The summed E-state index contributed by atoms with van der Waals surface area (Å²) in [5, 5.41) is 19.0. The average Bonchev–Trinajstić information content (AvgIpc) is 2.53. The average molecular weight is 293 g/mol. The largest absolute Gasteiger partial charge is 0.396 e. The Bertz CT molecular complexity index is 385. The van der Waals surface area contributed by atoms with E-state index in [-0.39, 0.29) is 18.6 Å². The van der Waals surface area contributed by atoms with Crippen molar-refractivity contribution in [2.24, 2.45) is 5.92 Å². The fourth-order valence-corrected chi connectivity index (χ4v) is 2.78. The molecular formula is C17H27NO3. The number of likely N-dealkylation sites (tertiary alicyclic amines) is 1. The van der Waals surface area contributed by atoms with Gasteiger partial charge in [0.05, 0.1) is 12.7 Å². The molecule has 0 radical (unpaired) electrons. The molecule has 0 aromatic heterocycles.